The second kappa shape index (κ2) is 8.71. The molecule has 2 N–H and O–H groups in total. The van der Waals surface area contributed by atoms with Gasteiger partial charge in [0.15, 0.2) is 0 Å². The fourth-order valence-electron chi connectivity index (χ4n) is 2.50. The Balaban J connectivity index is 1.89. The molecule has 2 aromatic rings. The summed E-state index contributed by atoms with van der Waals surface area (Å²) in [6.07, 6.45) is -5.27. The van der Waals surface area contributed by atoms with E-state index in [0.29, 0.717) is 26.2 Å². The molecule has 26 heavy (non-hydrogen) atoms. The normalized spacial score (nSPS) is 11.4. The van der Waals surface area contributed by atoms with Crippen molar-refractivity contribution in [2.45, 2.75) is 19.6 Å². The van der Waals surface area contributed by atoms with Gasteiger partial charge in [-0.05, 0) is 35.7 Å². The first-order valence-electron chi connectivity index (χ1n) is 8.26. The lowest BCUT2D eigenvalue weighted by atomic mass is 10.0. The molecule has 0 fully saturated rings. The summed E-state index contributed by atoms with van der Waals surface area (Å²) in [6.45, 7) is 3.77. The minimum absolute atomic E-state index is 0.412. The van der Waals surface area contributed by atoms with Gasteiger partial charge in [0, 0.05) is 26.2 Å². The van der Waals surface area contributed by atoms with E-state index in [0.717, 1.165) is 28.8 Å². The molecule has 2 rings (SSSR count). The van der Waals surface area contributed by atoms with Crippen LogP contribution in [-0.2, 0) is 12.7 Å². The molecule has 0 aliphatic carbocycles. The monoisotopic (exact) mass is 366 g/mol. The summed E-state index contributed by atoms with van der Waals surface area (Å²) >= 11 is 0. The largest absolute Gasteiger partial charge is 0.465 e. The standard InChI is InChI=1S/C19H21F3N2O2/c1-2-24(18(25)26)12-11-23-13-14-3-5-15(6-4-14)16-7-9-17(10-8-16)19(20,21)22/h3-10,23H,2,11-13H2,1H3,(H,25,26). The van der Waals surface area contributed by atoms with Crippen molar-refractivity contribution in [2.75, 3.05) is 19.6 Å². The molecule has 0 unspecified atom stereocenters. The second-order valence-electron chi connectivity index (χ2n) is 5.81. The maximum Gasteiger partial charge on any atom is 0.416 e. The summed E-state index contributed by atoms with van der Waals surface area (Å²) in [5.41, 5.74) is 1.91. The van der Waals surface area contributed by atoms with Gasteiger partial charge in [-0.25, -0.2) is 4.79 Å². The van der Waals surface area contributed by atoms with Crippen LogP contribution in [0.25, 0.3) is 11.1 Å². The van der Waals surface area contributed by atoms with E-state index in [-0.39, 0.29) is 0 Å². The summed E-state index contributed by atoms with van der Waals surface area (Å²) in [5.74, 6) is 0. The Morgan fingerprint density at radius 1 is 1.04 bits per heavy atom. The third-order valence-electron chi connectivity index (χ3n) is 4.04. The first-order valence-corrected chi connectivity index (χ1v) is 8.26. The van der Waals surface area contributed by atoms with Crippen LogP contribution in [0.5, 0.6) is 0 Å². The van der Waals surface area contributed by atoms with Crippen molar-refractivity contribution in [3.63, 3.8) is 0 Å². The molecule has 0 saturated carbocycles. The molecule has 0 aliphatic heterocycles. The minimum Gasteiger partial charge on any atom is -0.465 e. The van der Waals surface area contributed by atoms with E-state index < -0.39 is 17.8 Å². The predicted molar refractivity (Wildman–Crippen MR) is 93.9 cm³/mol. The Morgan fingerprint density at radius 2 is 1.58 bits per heavy atom. The van der Waals surface area contributed by atoms with Crippen molar-refractivity contribution < 1.29 is 23.1 Å². The van der Waals surface area contributed by atoms with Crippen molar-refractivity contribution in [1.82, 2.24) is 10.2 Å². The summed E-state index contributed by atoms with van der Waals surface area (Å²) in [5, 5.41) is 12.1. The lowest BCUT2D eigenvalue weighted by Gasteiger charge is -2.17. The van der Waals surface area contributed by atoms with Gasteiger partial charge in [0.25, 0.3) is 0 Å². The number of hydrogen-bond donors (Lipinski definition) is 2. The summed E-state index contributed by atoms with van der Waals surface area (Å²) in [4.78, 5) is 12.2. The Labute approximate surface area is 150 Å². The van der Waals surface area contributed by atoms with Gasteiger partial charge >= 0.3 is 12.3 Å². The molecule has 0 aliphatic rings. The van der Waals surface area contributed by atoms with Crippen molar-refractivity contribution >= 4 is 6.09 Å². The molecule has 7 heteroatoms. The van der Waals surface area contributed by atoms with Gasteiger partial charge in [0.1, 0.15) is 0 Å². The highest BCUT2D eigenvalue weighted by molar-refractivity contribution is 5.65. The van der Waals surface area contributed by atoms with Gasteiger partial charge in [-0.3, -0.25) is 0 Å². The van der Waals surface area contributed by atoms with Crippen LogP contribution in [0.2, 0.25) is 0 Å². The van der Waals surface area contributed by atoms with Gasteiger partial charge < -0.3 is 15.3 Å². The molecule has 4 nitrogen and oxygen atoms in total. The summed E-state index contributed by atoms with van der Waals surface area (Å²) in [7, 11) is 0. The van der Waals surface area contributed by atoms with Crippen molar-refractivity contribution in [3.8, 4) is 11.1 Å². The number of likely N-dealkylation sites (N-methyl/N-ethyl adjacent to an activating group) is 1. The lowest BCUT2D eigenvalue weighted by Crippen LogP contribution is -2.35. The van der Waals surface area contributed by atoms with E-state index in [2.05, 4.69) is 5.32 Å². The fourth-order valence-corrected chi connectivity index (χ4v) is 2.50. The van der Waals surface area contributed by atoms with E-state index in [9.17, 15) is 18.0 Å². The fraction of sp³-hybridized carbons (Fsp3) is 0.316. The third-order valence-corrected chi connectivity index (χ3v) is 4.04. The average Bonchev–Trinajstić information content (AvgIpc) is 2.61. The number of nitrogens with zero attached hydrogens (tertiary/aromatic N) is 1. The highest BCUT2D eigenvalue weighted by Gasteiger charge is 2.29. The molecule has 0 heterocycles. The highest BCUT2D eigenvalue weighted by atomic mass is 19.4. The Morgan fingerprint density at radius 3 is 2.04 bits per heavy atom. The molecule has 0 atom stereocenters. The molecule has 0 aromatic heterocycles. The summed E-state index contributed by atoms with van der Waals surface area (Å²) < 4.78 is 37.8. The lowest BCUT2D eigenvalue weighted by molar-refractivity contribution is -0.137. The van der Waals surface area contributed by atoms with E-state index in [1.807, 2.05) is 24.3 Å². The summed E-state index contributed by atoms with van der Waals surface area (Å²) in [6, 6.07) is 12.6. The topological polar surface area (TPSA) is 52.6 Å². The molecule has 1 amide bonds. The smallest absolute Gasteiger partial charge is 0.416 e. The molecular formula is C19H21F3N2O2. The van der Waals surface area contributed by atoms with Gasteiger partial charge in [-0.1, -0.05) is 36.4 Å². The number of halogens is 3. The number of alkyl halides is 3. The maximum atomic E-state index is 12.6. The molecule has 0 radical (unpaired) electrons. The molecule has 140 valence electrons. The first-order chi connectivity index (χ1) is 12.3. The van der Waals surface area contributed by atoms with Gasteiger partial charge in [-0.2, -0.15) is 13.2 Å². The number of carboxylic acid groups (broad SMARTS) is 1. The molecule has 0 spiro atoms. The van der Waals surface area contributed by atoms with E-state index in [1.165, 1.54) is 17.0 Å². The van der Waals surface area contributed by atoms with Crippen molar-refractivity contribution in [3.05, 3.63) is 59.7 Å². The Hall–Kier alpha value is -2.54. The second-order valence-corrected chi connectivity index (χ2v) is 5.81. The van der Waals surface area contributed by atoms with Crippen LogP contribution < -0.4 is 5.32 Å². The highest BCUT2D eigenvalue weighted by Crippen LogP contribution is 2.31. The maximum absolute atomic E-state index is 12.6. The van der Waals surface area contributed by atoms with Gasteiger partial charge in [0.05, 0.1) is 5.56 Å². The van der Waals surface area contributed by atoms with Gasteiger partial charge in [0.2, 0.25) is 0 Å². The number of nitrogens with one attached hydrogen (secondary N) is 1. The van der Waals surface area contributed by atoms with Crippen LogP contribution in [0.4, 0.5) is 18.0 Å². The van der Waals surface area contributed by atoms with Crippen LogP contribution in [0.15, 0.2) is 48.5 Å². The number of hydrogen-bond acceptors (Lipinski definition) is 2. The molecule has 0 saturated heterocycles. The van der Waals surface area contributed by atoms with E-state index in [1.54, 1.807) is 6.92 Å². The van der Waals surface area contributed by atoms with Crippen LogP contribution in [0, 0.1) is 0 Å². The zero-order valence-corrected chi connectivity index (χ0v) is 14.4. The van der Waals surface area contributed by atoms with Crippen LogP contribution in [-0.4, -0.2) is 35.7 Å². The van der Waals surface area contributed by atoms with Crippen LogP contribution in [0.3, 0.4) is 0 Å². The van der Waals surface area contributed by atoms with Crippen molar-refractivity contribution in [2.24, 2.45) is 0 Å². The predicted octanol–water partition coefficient (Wildman–Crippen LogP) is 4.46. The average molecular weight is 366 g/mol. The molecule has 0 bridgehead atoms. The molecular weight excluding hydrogens is 345 g/mol. The number of benzene rings is 2. The van der Waals surface area contributed by atoms with E-state index >= 15 is 0 Å². The first kappa shape index (κ1) is 19.8. The zero-order chi connectivity index (χ0) is 19.2. The minimum atomic E-state index is -4.33. The molecule has 2 aromatic carbocycles. The van der Waals surface area contributed by atoms with Crippen molar-refractivity contribution in [1.29, 1.82) is 0 Å². The number of carbonyl (C=O) groups is 1. The van der Waals surface area contributed by atoms with E-state index in [4.69, 9.17) is 5.11 Å². The van der Waals surface area contributed by atoms with Gasteiger partial charge in [-0.15, -0.1) is 0 Å². The Kier molecular flexibility index (Phi) is 6.63. The SMILES string of the molecule is CCN(CCNCc1ccc(-c2ccc(C(F)(F)F)cc2)cc1)C(=O)O. The van der Waals surface area contributed by atoms with Crippen LogP contribution >= 0.6 is 0 Å². The zero-order valence-electron chi connectivity index (χ0n) is 14.4. The third kappa shape index (κ3) is 5.49. The number of rotatable bonds is 7. The Bertz CT molecular complexity index is 713. The van der Waals surface area contributed by atoms with Crippen LogP contribution in [0.1, 0.15) is 18.1 Å². The number of amides is 1. The quantitative estimate of drug-likeness (QED) is 0.712.